The number of nitrogens with one attached hydrogen (secondary N) is 2. The number of para-hydroxylation sites is 1. The van der Waals surface area contributed by atoms with Crippen molar-refractivity contribution >= 4 is 40.5 Å². The van der Waals surface area contributed by atoms with E-state index >= 15 is 0 Å². The van der Waals surface area contributed by atoms with Gasteiger partial charge in [-0.3, -0.25) is 9.78 Å². The Bertz CT molecular complexity index is 1550. The van der Waals surface area contributed by atoms with Crippen LogP contribution in [0.25, 0.3) is 5.69 Å². The van der Waals surface area contributed by atoms with Gasteiger partial charge in [0, 0.05) is 46.9 Å². The predicted octanol–water partition coefficient (Wildman–Crippen LogP) is 7.01. The highest BCUT2D eigenvalue weighted by molar-refractivity contribution is 7.80. The summed E-state index contributed by atoms with van der Waals surface area (Å²) in [6.07, 6.45) is 2.96. The van der Waals surface area contributed by atoms with Gasteiger partial charge in [0.15, 0.2) is 5.11 Å². The number of halogens is 1. The molecule has 1 aliphatic rings. The van der Waals surface area contributed by atoms with Gasteiger partial charge in [0.05, 0.1) is 17.8 Å². The van der Waals surface area contributed by atoms with Crippen LogP contribution in [0.2, 0.25) is 5.02 Å². The van der Waals surface area contributed by atoms with Crippen LogP contribution in [0.15, 0.2) is 72.9 Å². The maximum Gasteiger partial charge on any atom is 0.226 e. The number of thiocarbonyl (C=S) groups is 1. The Morgan fingerprint density at radius 1 is 1.07 bits per heavy atom. The zero-order valence-corrected chi connectivity index (χ0v) is 24.8. The lowest BCUT2D eigenvalue weighted by Crippen LogP contribution is -2.33. The van der Waals surface area contributed by atoms with E-state index in [0.29, 0.717) is 18.1 Å². The van der Waals surface area contributed by atoms with Gasteiger partial charge in [-0.15, -0.1) is 0 Å². The summed E-state index contributed by atoms with van der Waals surface area (Å²) in [6, 6.07) is 21.8. The number of carbonyl (C=O) groups excluding carboxylic acids is 1. The lowest BCUT2D eigenvalue weighted by Gasteiger charge is -2.28. The topological polar surface area (TPSA) is 62.2 Å². The summed E-state index contributed by atoms with van der Waals surface area (Å²) in [5.41, 5.74) is 8.30. The minimum absolute atomic E-state index is 0.0382. The standard InChI is InChI=1S/C32H34ClN5OS/c1-5-23-11-6-7-13-26(23)35-29(39)16-18-37-31(30(36-32(37)40)27-14-8-9-17-34-27)24-19-20(2)38(22(24)4)28-15-10-12-25(33)21(28)3/h6-15,17,19,30-31H,5,16,18H2,1-4H3,(H,35,39)(H,36,40)/t30-,31-/m0/s1. The number of nitrogens with zero attached hydrogens (tertiary/aromatic N) is 3. The molecule has 6 nitrogen and oxygen atoms in total. The summed E-state index contributed by atoms with van der Waals surface area (Å²) in [5, 5.41) is 7.96. The lowest BCUT2D eigenvalue weighted by molar-refractivity contribution is -0.116. The molecule has 40 heavy (non-hydrogen) atoms. The van der Waals surface area contributed by atoms with Crippen molar-refractivity contribution in [1.82, 2.24) is 19.8 Å². The molecule has 0 spiro atoms. The molecule has 4 aromatic rings. The number of hydrogen-bond donors (Lipinski definition) is 2. The average molecular weight is 572 g/mol. The Morgan fingerprint density at radius 3 is 2.60 bits per heavy atom. The Morgan fingerprint density at radius 2 is 1.85 bits per heavy atom. The molecule has 0 saturated carbocycles. The molecule has 2 aromatic heterocycles. The molecule has 1 fully saturated rings. The van der Waals surface area contributed by atoms with E-state index in [1.165, 1.54) is 0 Å². The van der Waals surface area contributed by atoms with Crippen LogP contribution in [-0.2, 0) is 11.2 Å². The molecule has 2 atom stereocenters. The van der Waals surface area contributed by atoms with Crippen LogP contribution in [0.1, 0.15) is 59.2 Å². The summed E-state index contributed by atoms with van der Waals surface area (Å²) in [6.45, 7) is 8.84. The molecule has 1 saturated heterocycles. The fourth-order valence-corrected chi connectivity index (χ4v) is 6.17. The van der Waals surface area contributed by atoms with Crippen LogP contribution in [0.3, 0.4) is 0 Å². The van der Waals surface area contributed by atoms with Crippen molar-refractivity contribution in [3.8, 4) is 5.69 Å². The number of aryl methyl sites for hydroxylation is 2. The summed E-state index contributed by atoms with van der Waals surface area (Å²) in [5.74, 6) is -0.0382. The molecule has 8 heteroatoms. The maximum absolute atomic E-state index is 13.1. The fraction of sp³-hybridized carbons (Fsp3) is 0.281. The van der Waals surface area contributed by atoms with Crippen molar-refractivity contribution < 1.29 is 4.79 Å². The van der Waals surface area contributed by atoms with Crippen molar-refractivity contribution in [3.05, 3.63) is 112 Å². The van der Waals surface area contributed by atoms with Gasteiger partial charge in [0.2, 0.25) is 5.91 Å². The summed E-state index contributed by atoms with van der Waals surface area (Å²) in [7, 11) is 0. The van der Waals surface area contributed by atoms with Gasteiger partial charge in [0.25, 0.3) is 0 Å². The quantitative estimate of drug-likeness (QED) is 0.223. The molecule has 0 unspecified atom stereocenters. The van der Waals surface area contributed by atoms with Crippen LogP contribution < -0.4 is 10.6 Å². The molecular weight excluding hydrogens is 538 g/mol. The van der Waals surface area contributed by atoms with Gasteiger partial charge in [-0.1, -0.05) is 48.9 Å². The van der Waals surface area contributed by atoms with E-state index in [1.807, 2.05) is 61.5 Å². The van der Waals surface area contributed by atoms with Gasteiger partial charge in [-0.05, 0) is 92.5 Å². The second-order valence-corrected chi connectivity index (χ2v) is 11.0. The molecule has 0 bridgehead atoms. The fourth-order valence-electron chi connectivity index (χ4n) is 5.67. The SMILES string of the molecule is CCc1ccccc1NC(=O)CCN1C(=S)N[C@@H](c2ccccn2)[C@@H]1c1cc(C)n(-c2cccc(Cl)c2C)c1C. The summed E-state index contributed by atoms with van der Waals surface area (Å²) < 4.78 is 2.25. The van der Waals surface area contributed by atoms with Crippen molar-refractivity contribution in [2.75, 3.05) is 11.9 Å². The summed E-state index contributed by atoms with van der Waals surface area (Å²) >= 11 is 12.4. The van der Waals surface area contributed by atoms with Crippen molar-refractivity contribution in [3.63, 3.8) is 0 Å². The highest BCUT2D eigenvalue weighted by atomic mass is 35.5. The Kier molecular flexibility index (Phi) is 8.24. The van der Waals surface area contributed by atoms with Crippen LogP contribution >= 0.6 is 23.8 Å². The second kappa shape index (κ2) is 11.8. The highest BCUT2D eigenvalue weighted by Crippen LogP contribution is 2.42. The van der Waals surface area contributed by atoms with E-state index in [1.54, 1.807) is 6.20 Å². The first-order chi connectivity index (χ1) is 19.3. The molecule has 206 valence electrons. The number of anilines is 1. The maximum atomic E-state index is 13.1. The van der Waals surface area contributed by atoms with Gasteiger partial charge in [-0.25, -0.2) is 0 Å². The first kappa shape index (κ1) is 27.9. The predicted molar refractivity (Wildman–Crippen MR) is 166 cm³/mol. The smallest absolute Gasteiger partial charge is 0.226 e. The van der Waals surface area contributed by atoms with Gasteiger partial charge >= 0.3 is 0 Å². The van der Waals surface area contributed by atoms with E-state index in [-0.39, 0.29) is 18.0 Å². The van der Waals surface area contributed by atoms with E-state index < -0.39 is 0 Å². The number of aromatic nitrogens is 2. The zero-order valence-electron chi connectivity index (χ0n) is 23.2. The molecule has 2 aromatic carbocycles. The zero-order chi connectivity index (χ0) is 28.4. The van der Waals surface area contributed by atoms with Gasteiger partial charge in [-0.2, -0.15) is 0 Å². The number of pyridine rings is 1. The third-order valence-corrected chi connectivity index (χ3v) is 8.48. The second-order valence-electron chi connectivity index (χ2n) is 10.2. The number of amides is 1. The molecule has 0 aliphatic carbocycles. The lowest BCUT2D eigenvalue weighted by atomic mass is 9.96. The van der Waals surface area contributed by atoms with Crippen LogP contribution in [0, 0.1) is 20.8 Å². The number of hydrogen-bond acceptors (Lipinski definition) is 3. The molecule has 1 aliphatic heterocycles. The number of carbonyl (C=O) groups is 1. The van der Waals surface area contributed by atoms with Crippen molar-refractivity contribution in [1.29, 1.82) is 0 Å². The summed E-state index contributed by atoms with van der Waals surface area (Å²) in [4.78, 5) is 19.9. The molecule has 0 radical (unpaired) electrons. The van der Waals surface area contributed by atoms with E-state index in [2.05, 4.69) is 58.0 Å². The number of benzene rings is 2. The van der Waals surface area contributed by atoms with Crippen molar-refractivity contribution in [2.45, 2.75) is 52.6 Å². The first-order valence-electron chi connectivity index (χ1n) is 13.6. The van der Waals surface area contributed by atoms with Crippen molar-refractivity contribution in [2.24, 2.45) is 0 Å². The molecule has 3 heterocycles. The van der Waals surface area contributed by atoms with Gasteiger partial charge in [0.1, 0.15) is 0 Å². The van der Waals surface area contributed by atoms with Crippen LogP contribution in [0.5, 0.6) is 0 Å². The molecule has 1 amide bonds. The largest absolute Gasteiger partial charge is 0.352 e. The van der Waals surface area contributed by atoms with E-state index in [0.717, 1.165) is 56.6 Å². The van der Waals surface area contributed by atoms with Gasteiger partial charge < -0.3 is 20.1 Å². The minimum Gasteiger partial charge on any atom is -0.352 e. The molecule has 5 rings (SSSR count). The normalized spacial score (nSPS) is 16.7. The Balaban J connectivity index is 1.49. The van der Waals surface area contributed by atoms with E-state index in [4.69, 9.17) is 23.8 Å². The van der Waals surface area contributed by atoms with E-state index in [9.17, 15) is 4.79 Å². The Hall–Kier alpha value is -3.68. The van der Waals surface area contributed by atoms with Crippen LogP contribution in [-0.4, -0.2) is 32.0 Å². The molecule has 2 N–H and O–H groups in total. The monoisotopic (exact) mass is 571 g/mol. The third kappa shape index (κ3) is 5.36. The molecular formula is C32H34ClN5OS. The third-order valence-electron chi connectivity index (χ3n) is 7.72. The highest BCUT2D eigenvalue weighted by Gasteiger charge is 2.41. The number of rotatable bonds is 8. The van der Waals surface area contributed by atoms with Crippen LogP contribution in [0.4, 0.5) is 5.69 Å². The first-order valence-corrected chi connectivity index (χ1v) is 14.4. The Labute approximate surface area is 246 Å². The average Bonchev–Trinajstić information content (AvgIpc) is 3.44. The minimum atomic E-state index is -0.160.